The monoisotopic (exact) mass is 380 g/mol. The first-order valence-corrected chi connectivity index (χ1v) is 9.38. The van der Waals surface area contributed by atoms with Crippen molar-refractivity contribution in [1.82, 2.24) is 19.4 Å². The molecular weight excluding hydrogens is 364 g/mol. The van der Waals surface area contributed by atoms with Crippen LogP contribution in [0.2, 0.25) is 0 Å². The van der Waals surface area contributed by atoms with Gasteiger partial charge in [-0.1, -0.05) is 0 Å². The van der Waals surface area contributed by atoms with Crippen LogP contribution in [0.15, 0.2) is 27.5 Å². The maximum atomic E-state index is 12.8. The van der Waals surface area contributed by atoms with Crippen LogP contribution in [-0.4, -0.2) is 66.7 Å². The zero-order chi connectivity index (χ0) is 18.3. The second-order valence-electron chi connectivity index (χ2n) is 5.84. The number of aromatic nitrogens is 2. The van der Waals surface area contributed by atoms with Gasteiger partial charge < -0.3 is 18.8 Å². The maximum Gasteiger partial charge on any atom is 0.311 e. The molecule has 1 amide bonds. The van der Waals surface area contributed by atoms with Gasteiger partial charge in [-0.3, -0.25) is 4.79 Å². The molecule has 0 aliphatic carbocycles. The second kappa shape index (κ2) is 6.25. The minimum absolute atomic E-state index is 0.0781. The van der Waals surface area contributed by atoms with Crippen LogP contribution in [0.4, 0.5) is 0 Å². The van der Waals surface area contributed by atoms with E-state index in [9.17, 15) is 13.2 Å². The number of carbonyl (C=O) groups excluding carboxylic acids is 1. The summed E-state index contributed by atoms with van der Waals surface area (Å²) >= 11 is 0. The van der Waals surface area contributed by atoms with Gasteiger partial charge in [-0.05, 0) is 12.1 Å². The number of hydrogen-bond donors (Lipinski definition) is 0. The van der Waals surface area contributed by atoms with Gasteiger partial charge in [0.05, 0.1) is 4.90 Å². The summed E-state index contributed by atoms with van der Waals surface area (Å²) < 4.78 is 42.6. The first-order valence-electron chi connectivity index (χ1n) is 7.94. The Hall–Kier alpha value is -2.66. The summed E-state index contributed by atoms with van der Waals surface area (Å²) in [7, 11) is -3.68. The molecule has 0 radical (unpaired) electrons. The van der Waals surface area contributed by atoms with Crippen LogP contribution in [0.25, 0.3) is 0 Å². The zero-order valence-corrected chi connectivity index (χ0v) is 14.7. The minimum atomic E-state index is -3.68. The molecule has 11 heteroatoms. The Kier molecular flexibility index (Phi) is 4.04. The number of sulfonamides is 1. The highest BCUT2D eigenvalue weighted by Crippen LogP contribution is 2.34. The molecule has 1 aromatic carbocycles. The van der Waals surface area contributed by atoms with Crippen LogP contribution in [-0.2, 0) is 10.0 Å². The van der Waals surface area contributed by atoms with Crippen LogP contribution < -0.4 is 9.47 Å². The molecular formula is C15H16N4O6S. The molecule has 0 bridgehead atoms. The largest absolute Gasteiger partial charge is 0.454 e. The van der Waals surface area contributed by atoms with E-state index in [1.165, 1.54) is 21.3 Å². The summed E-state index contributed by atoms with van der Waals surface area (Å²) in [6.45, 7) is 2.51. The van der Waals surface area contributed by atoms with Crippen molar-refractivity contribution in [2.75, 3.05) is 33.0 Å². The standard InChI is InChI=1S/C15H16N4O6S/c1-10-16-17-14(25-10)15(20)18-4-6-19(7-5-18)26(21,22)11-2-3-12-13(8-11)24-9-23-12/h2-3,8H,4-7,9H2,1H3. The molecule has 2 aliphatic rings. The average Bonchev–Trinajstić information content (AvgIpc) is 3.29. The Morgan fingerprint density at radius 2 is 1.81 bits per heavy atom. The fourth-order valence-electron chi connectivity index (χ4n) is 2.84. The molecule has 10 nitrogen and oxygen atoms in total. The molecule has 0 atom stereocenters. The van der Waals surface area contributed by atoms with E-state index >= 15 is 0 Å². The molecule has 2 aromatic rings. The number of carbonyl (C=O) groups is 1. The van der Waals surface area contributed by atoms with Gasteiger partial charge in [-0.15, -0.1) is 10.2 Å². The summed E-state index contributed by atoms with van der Waals surface area (Å²) in [5.41, 5.74) is 0. The average molecular weight is 380 g/mol. The van der Waals surface area contributed by atoms with Crippen molar-refractivity contribution in [3.63, 3.8) is 0 Å². The van der Waals surface area contributed by atoms with Gasteiger partial charge in [-0.2, -0.15) is 4.31 Å². The Morgan fingerprint density at radius 3 is 2.50 bits per heavy atom. The van der Waals surface area contributed by atoms with Crippen LogP contribution in [0.3, 0.4) is 0 Å². The molecule has 1 fully saturated rings. The predicted molar refractivity (Wildman–Crippen MR) is 86.3 cm³/mol. The topological polar surface area (TPSA) is 115 Å². The van der Waals surface area contributed by atoms with Crippen LogP contribution in [0.5, 0.6) is 11.5 Å². The third kappa shape index (κ3) is 2.88. The molecule has 0 spiro atoms. The molecule has 2 aliphatic heterocycles. The smallest absolute Gasteiger partial charge is 0.311 e. The van der Waals surface area contributed by atoms with Crippen LogP contribution in [0.1, 0.15) is 16.6 Å². The highest BCUT2D eigenvalue weighted by molar-refractivity contribution is 7.89. The van der Waals surface area contributed by atoms with E-state index in [1.54, 1.807) is 13.0 Å². The fourth-order valence-corrected chi connectivity index (χ4v) is 4.27. The molecule has 138 valence electrons. The normalized spacial score (nSPS) is 17.5. The van der Waals surface area contributed by atoms with Gasteiger partial charge in [0.2, 0.25) is 22.7 Å². The lowest BCUT2D eigenvalue weighted by Gasteiger charge is -2.33. The number of fused-ring (bicyclic) bond motifs is 1. The van der Waals surface area contributed by atoms with Crippen molar-refractivity contribution >= 4 is 15.9 Å². The molecule has 0 saturated carbocycles. The maximum absolute atomic E-state index is 12.8. The minimum Gasteiger partial charge on any atom is -0.454 e. The van der Waals surface area contributed by atoms with Crippen molar-refractivity contribution in [3.8, 4) is 11.5 Å². The Labute approximate surface area is 149 Å². The van der Waals surface area contributed by atoms with E-state index < -0.39 is 15.9 Å². The van der Waals surface area contributed by atoms with Gasteiger partial charge in [-0.25, -0.2) is 8.42 Å². The van der Waals surface area contributed by atoms with Crippen molar-refractivity contribution in [2.45, 2.75) is 11.8 Å². The molecule has 0 N–H and O–H groups in total. The number of piperazine rings is 1. The molecule has 1 aromatic heterocycles. The number of aryl methyl sites for hydroxylation is 1. The predicted octanol–water partition coefficient (Wildman–Crippen LogP) is 0.253. The summed E-state index contributed by atoms with van der Waals surface area (Å²) in [6, 6.07) is 4.52. The molecule has 26 heavy (non-hydrogen) atoms. The van der Waals surface area contributed by atoms with E-state index in [0.29, 0.717) is 17.4 Å². The summed E-state index contributed by atoms with van der Waals surface area (Å²) in [5, 5.41) is 7.34. The Bertz CT molecular complexity index is 949. The zero-order valence-electron chi connectivity index (χ0n) is 13.9. The lowest BCUT2D eigenvalue weighted by Crippen LogP contribution is -2.50. The number of hydrogen-bond acceptors (Lipinski definition) is 8. The number of amides is 1. The third-order valence-corrected chi connectivity index (χ3v) is 6.11. The first kappa shape index (κ1) is 16.8. The molecule has 0 unspecified atom stereocenters. The van der Waals surface area contributed by atoms with E-state index in [0.717, 1.165) is 0 Å². The molecule has 4 rings (SSSR count). The number of benzene rings is 1. The van der Waals surface area contributed by atoms with Gasteiger partial charge in [0, 0.05) is 39.2 Å². The number of rotatable bonds is 3. The first-order chi connectivity index (χ1) is 12.4. The number of ether oxygens (including phenoxy) is 2. The van der Waals surface area contributed by atoms with Gasteiger partial charge in [0.15, 0.2) is 11.5 Å². The lowest BCUT2D eigenvalue weighted by molar-refractivity contribution is 0.0656. The lowest BCUT2D eigenvalue weighted by atomic mass is 10.3. The van der Waals surface area contributed by atoms with Crippen molar-refractivity contribution in [3.05, 3.63) is 30.0 Å². The van der Waals surface area contributed by atoms with Crippen molar-refractivity contribution < 1.29 is 27.1 Å². The fraction of sp³-hybridized carbons (Fsp3) is 0.400. The van der Waals surface area contributed by atoms with Crippen LogP contribution >= 0.6 is 0 Å². The van der Waals surface area contributed by atoms with Crippen LogP contribution in [0, 0.1) is 6.92 Å². The summed E-state index contributed by atoms with van der Waals surface area (Å²) in [5.74, 6) is 0.749. The van der Waals surface area contributed by atoms with Gasteiger partial charge in [0.25, 0.3) is 0 Å². The summed E-state index contributed by atoms with van der Waals surface area (Å²) in [6.07, 6.45) is 0. The summed E-state index contributed by atoms with van der Waals surface area (Å²) in [4.78, 5) is 13.9. The van der Waals surface area contributed by atoms with Gasteiger partial charge in [0.1, 0.15) is 0 Å². The quantitative estimate of drug-likeness (QED) is 0.744. The molecule has 1 saturated heterocycles. The van der Waals surface area contributed by atoms with E-state index in [4.69, 9.17) is 13.9 Å². The third-order valence-electron chi connectivity index (χ3n) is 4.22. The van der Waals surface area contributed by atoms with E-state index in [2.05, 4.69) is 10.2 Å². The SMILES string of the molecule is Cc1nnc(C(=O)N2CCN(S(=O)(=O)c3ccc4c(c3)OCO4)CC2)o1. The van der Waals surface area contributed by atoms with Crippen molar-refractivity contribution in [2.24, 2.45) is 0 Å². The second-order valence-corrected chi connectivity index (χ2v) is 7.78. The van der Waals surface area contributed by atoms with E-state index in [-0.39, 0.29) is 43.8 Å². The Balaban J connectivity index is 1.46. The molecule has 3 heterocycles. The number of nitrogens with zero attached hydrogens (tertiary/aromatic N) is 4. The highest BCUT2D eigenvalue weighted by Gasteiger charge is 2.32. The highest BCUT2D eigenvalue weighted by atomic mass is 32.2. The van der Waals surface area contributed by atoms with E-state index in [1.807, 2.05) is 0 Å². The van der Waals surface area contributed by atoms with Crippen molar-refractivity contribution in [1.29, 1.82) is 0 Å². The Morgan fingerprint density at radius 1 is 1.08 bits per heavy atom. The van der Waals surface area contributed by atoms with Gasteiger partial charge >= 0.3 is 11.8 Å².